The first-order valence-corrected chi connectivity index (χ1v) is 21.7. The zero-order valence-corrected chi connectivity index (χ0v) is 34.5. The first-order valence-electron chi connectivity index (χ1n) is 21.7. The van der Waals surface area contributed by atoms with E-state index in [1.54, 1.807) is 0 Å². The molecule has 11 aromatic rings. The number of benzene rings is 10. The van der Waals surface area contributed by atoms with Crippen molar-refractivity contribution in [2.24, 2.45) is 0 Å². The van der Waals surface area contributed by atoms with E-state index in [9.17, 15) is 0 Å². The van der Waals surface area contributed by atoms with Crippen molar-refractivity contribution in [1.82, 2.24) is 0 Å². The molecule has 63 heavy (non-hydrogen) atoms. The van der Waals surface area contributed by atoms with Gasteiger partial charge < -0.3 is 9.32 Å². The van der Waals surface area contributed by atoms with Crippen LogP contribution < -0.4 is 4.90 Å². The van der Waals surface area contributed by atoms with E-state index < -0.39 is 5.41 Å². The molecule has 0 saturated heterocycles. The number of nitrogens with zero attached hydrogens (tertiary/aromatic N) is 1. The summed E-state index contributed by atoms with van der Waals surface area (Å²) in [6, 6.07) is 90.2. The molecule has 0 saturated carbocycles. The van der Waals surface area contributed by atoms with Gasteiger partial charge in [0.05, 0.1) is 5.41 Å². The third-order valence-corrected chi connectivity index (χ3v) is 13.0. The summed E-state index contributed by atoms with van der Waals surface area (Å²) >= 11 is 0. The Bertz CT molecular complexity index is 3380. The van der Waals surface area contributed by atoms with Crippen molar-refractivity contribution in [3.8, 4) is 44.5 Å². The van der Waals surface area contributed by atoms with E-state index in [0.29, 0.717) is 0 Å². The average Bonchev–Trinajstić information content (AvgIpc) is 3.89. The number of para-hydroxylation sites is 1. The van der Waals surface area contributed by atoms with Crippen molar-refractivity contribution in [3.63, 3.8) is 0 Å². The Morgan fingerprint density at radius 3 is 1.54 bits per heavy atom. The van der Waals surface area contributed by atoms with Crippen LogP contribution in [0.5, 0.6) is 0 Å². The number of rotatable bonds is 8. The third-order valence-electron chi connectivity index (χ3n) is 13.0. The van der Waals surface area contributed by atoms with Gasteiger partial charge in [0.25, 0.3) is 0 Å². The smallest absolute Gasteiger partial charge is 0.136 e. The molecular weight excluding hydrogens is 763 g/mol. The van der Waals surface area contributed by atoms with Gasteiger partial charge in [0.15, 0.2) is 0 Å². The molecule has 0 fully saturated rings. The summed E-state index contributed by atoms with van der Waals surface area (Å²) in [6.45, 7) is 0. The molecule has 12 rings (SSSR count). The summed E-state index contributed by atoms with van der Waals surface area (Å²) in [6.07, 6.45) is 0. The lowest BCUT2D eigenvalue weighted by Gasteiger charge is -2.33. The molecular formula is C61H41NO. The molecule has 0 amide bonds. The van der Waals surface area contributed by atoms with Gasteiger partial charge in [-0.15, -0.1) is 0 Å². The molecule has 10 aromatic carbocycles. The number of fused-ring (bicyclic) bond motifs is 6. The third kappa shape index (κ3) is 6.02. The summed E-state index contributed by atoms with van der Waals surface area (Å²) in [5.74, 6) is 0. The highest BCUT2D eigenvalue weighted by Gasteiger charge is 2.46. The van der Waals surface area contributed by atoms with Crippen molar-refractivity contribution < 1.29 is 4.42 Å². The van der Waals surface area contributed by atoms with E-state index in [-0.39, 0.29) is 0 Å². The fraction of sp³-hybridized carbons (Fsp3) is 0.0164. The highest BCUT2D eigenvalue weighted by molar-refractivity contribution is 6.12. The van der Waals surface area contributed by atoms with Crippen LogP contribution >= 0.6 is 0 Å². The van der Waals surface area contributed by atoms with E-state index in [2.05, 4.69) is 241 Å². The number of furan rings is 1. The molecule has 1 aliphatic rings. The van der Waals surface area contributed by atoms with E-state index >= 15 is 0 Å². The highest BCUT2D eigenvalue weighted by Crippen LogP contribution is 2.56. The van der Waals surface area contributed by atoms with Gasteiger partial charge in [-0.25, -0.2) is 0 Å². The maximum Gasteiger partial charge on any atom is 0.136 e. The van der Waals surface area contributed by atoms with Crippen molar-refractivity contribution >= 4 is 39.0 Å². The molecule has 0 bridgehead atoms. The van der Waals surface area contributed by atoms with Crippen LogP contribution in [0, 0.1) is 0 Å². The molecule has 296 valence electrons. The van der Waals surface area contributed by atoms with Gasteiger partial charge in [0.1, 0.15) is 11.2 Å². The van der Waals surface area contributed by atoms with Crippen LogP contribution in [0.15, 0.2) is 253 Å². The van der Waals surface area contributed by atoms with Crippen LogP contribution in [0.2, 0.25) is 0 Å². The maximum absolute atomic E-state index is 6.27. The second-order valence-electron chi connectivity index (χ2n) is 16.4. The fourth-order valence-electron chi connectivity index (χ4n) is 10.1. The Balaban J connectivity index is 0.980. The predicted octanol–water partition coefficient (Wildman–Crippen LogP) is 16.4. The molecule has 2 heteroatoms. The number of hydrogen-bond donors (Lipinski definition) is 0. The van der Waals surface area contributed by atoms with Gasteiger partial charge in [-0.2, -0.15) is 0 Å². The Hall–Kier alpha value is -8.20. The monoisotopic (exact) mass is 803 g/mol. The molecule has 0 unspecified atom stereocenters. The molecule has 0 N–H and O–H groups in total. The summed E-state index contributed by atoms with van der Waals surface area (Å²) < 4.78 is 6.27. The largest absolute Gasteiger partial charge is 0.456 e. The van der Waals surface area contributed by atoms with E-state index in [1.165, 1.54) is 50.1 Å². The normalized spacial score (nSPS) is 12.6. The second kappa shape index (κ2) is 15.1. The fourth-order valence-corrected chi connectivity index (χ4v) is 10.1. The summed E-state index contributed by atoms with van der Waals surface area (Å²) in [7, 11) is 0. The Labute approximate surface area is 367 Å². The molecule has 0 atom stereocenters. The topological polar surface area (TPSA) is 16.4 Å². The zero-order chi connectivity index (χ0) is 41.7. The molecule has 2 nitrogen and oxygen atoms in total. The molecule has 1 heterocycles. The van der Waals surface area contributed by atoms with Gasteiger partial charge in [-0.3, -0.25) is 0 Å². The first-order chi connectivity index (χ1) is 31.2. The molecule has 0 radical (unpaired) electrons. The lowest BCUT2D eigenvalue weighted by Crippen LogP contribution is -2.28. The lowest BCUT2D eigenvalue weighted by atomic mass is 9.67. The quantitative estimate of drug-likeness (QED) is 0.152. The number of hydrogen-bond acceptors (Lipinski definition) is 2. The minimum absolute atomic E-state index is 0.431. The molecule has 1 aliphatic carbocycles. The minimum atomic E-state index is -0.431. The van der Waals surface area contributed by atoms with E-state index in [1.807, 2.05) is 12.1 Å². The first kappa shape index (κ1) is 36.6. The van der Waals surface area contributed by atoms with Crippen molar-refractivity contribution in [2.45, 2.75) is 5.41 Å². The highest BCUT2D eigenvalue weighted by atomic mass is 16.3. The second-order valence-corrected chi connectivity index (χ2v) is 16.4. The minimum Gasteiger partial charge on any atom is -0.456 e. The van der Waals surface area contributed by atoms with Gasteiger partial charge in [0.2, 0.25) is 0 Å². The van der Waals surface area contributed by atoms with Gasteiger partial charge in [-0.1, -0.05) is 194 Å². The molecule has 0 aliphatic heterocycles. The molecule has 1 aromatic heterocycles. The predicted molar refractivity (Wildman–Crippen MR) is 262 cm³/mol. The van der Waals surface area contributed by atoms with Crippen molar-refractivity contribution in [3.05, 3.63) is 271 Å². The zero-order valence-electron chi connectivity index (χ0n) is 34.5. The van der Waals surface area contributed by atoms with Crippen molar-refractivity contribution in [2.75, 3.05) is 4.90 Å². The van der Waals surface area contributed by atoms with Crippen LogP contribution in [0.3, 0.4) is 0 Å². The summed E-state index contributed by atoms with van der Waals surface area (Å²) in [4.78, 5) is 2.37. The van der Waals surface area contributed by atoms with Gasteiger partial charge in [0, 0.05) is 27.8 Å². The van der Waals surface area contributed by atoms with Gasteiger partial charge in [-0.05, 0) is 121 Å². The Morgan fingerprint density at radius 2 is 0.810 bits per heavy atom. The maximum atomic E-state index is 6.27. The lowest BCUT2D eigenvalue weighted by molar-refractivity contribution is 0.669. The summed E-state index contributed by atoms with van der Waals surface area (Å²) in [5.41, 5.74) is 19.3. The van der Waals surface area contributed by atoms with Crippen LogP contribution in [0.4, 0.5) is 17.1 Å². The van der Waals surface area contributed by atoms with Crippen molar-refractivity contribution in [1.29, 1.82) is 0 Å². The van der Waals surface area contributed by atoms with Crippen LogP contribution in [0.1, 0.15) is 22.3 Å². The Morgan fingerprint density at radius 1 is 0.302 bits per heavy atom. The summed E-state index contributed by atoms with van der Waals surface area (Å²) in [5, 5.41) is 2.27. The van der Waals surface area contributed by atoms with Crippen LogP contribution in [0.25, 0.3) is 66.4 Å². The Kier molecular flexibility index (Phi) is 8.76. The SMILES string of the molecule is c1ccc(-c2ccc(N(c3ccc(-c4cccc5oc6ccccc6c45)cc3)c3cccc(-c4ccc5c(c4)-c4ccccc4C5(c4ccccc4)c4ccccc4)c3)cc2)cc1. The standard InChI is InChI=1S/C61H41NO/c1-4-16-42(17-5-1)43-30-35-49(36-31-43)62(50-37-32-44(33-38-50)52-26-15-29-59-60(52)54-25-11-13-28-58(54)63-59)51-23-14-18-45(40-51)46-34-39-57-55(41-46)53-24-10-12-27-56(53)61(57,47-19-6-2-7-20-47)48-21-8-3-9-22-48/h1-41H. The van der Waals surface area contributed by atoms with Gasteiger partial charge >= 0.3 is 0 Å². The van der Waals surface area contributed by atoms with E-state index in [0.717, 1.165) is 55.7 Å². The number of anilines is 3. The van der Waals surface area contributed by atoms with Crippen LogP contribution in [-0.2, 0) is 5.41 Å². The average molecular weight is 804 g/mol. The molecule has 0 spiro atoms. The van der Waals surface area contributed by atoms with E-state index in [4.69, 9.17) is 4.42 Å². The van der Waals surface area contributed by atoms with Crippen LogP contribution in [-0.4, -0.2) is 0 Å².